The van der Waals surface area contributed by atoms with E-state index in [1.807, 2.05) is 0 Å². The maximum atomic E-state index is 11.6. The molecule has 0 radical (unpaired) electrons. The Hall–Kier alpha value is -1.16. The van der Waals surface area contributed by atoms with Gasteiger partial charge in [-0.25, -0.2) is 9.97 Å². The fourth-order valence-electron chi connectivity index (χ4n) is 0.725. The monoisotopic (exact) mass is 213 g/mol. The lowest BCUT2D eigenvalue weighted by molar-refractivity contribution is -0.122. The minimum absolute atomic E-state index is 0.137. The number of amides is 1. The fraction of sp³-hybridized carbons (Fsp3) is 0.444. The van der Waals surface area contributed by atoms with E-state index < -0.39 is 5.41 Å². The van der Waals surface area contributed by atoms with E-state index in [1.165, 1.54) is 18.7 Å². The molecule has 76 valence electrons. The van der Waals surface area contributed by atoms with Gasteiger partial charge in [-0.1, -0.05) is 0 Å². The maximum absolute atomic E-state index is 11.6. The summed E-state index contributed by atoms with van der Waals surface area (Å²) in [5.41, 5.74) is -0.00657. The van der Waals surface area contributed by atoms with Gasteiger partial charge in [0.25, 0.3) is 0 Å². The Morgan fingerprint density at radius 3 is 2.57 bits per heavy atom. The van der Waals surface area contributed by atoms with Gasteiger partial charge in [0.05, 0.1) is 23.5 Å². The molecule has 0 saturated carbocycles. The third-order valence-corrected chi connectivity index (χ3v) is 2.44. The van der Waals surface area contributed by atoms with Crippen LogP contribution in [0.2, 0.25) is 0 Å². The van der Waals surface area contributed by atoms with Crippen LogP contribution in [0.1, 0.15) is 13.8 Å². The predicted molar refractivity (Wildman–Crippen MR) is 55.2 cm³/mol. The summed E-state index contributed by atoms with van der Waals surface area (Å²) < 4.78 is 0. The summed E-state index contributed by atoms with van der Waals surface area (Å²) >= 11 is 5.66. The van der Waals surface area contributed by atoms with E-state index in [0.29, 0.717) is 5.69 Å². The zero-order valence-electron chi connectivity index (χ0n) is 8.12. The zero-order valence-corrected chi connectivity index (χ0v) is 8.88. The molecule has 0 fully saturated rings. The van der Waals surface area contributed by atoms with Crippen molar-refractivity contribution in [1.29, 1.82) is 0 Å². The Morgan fingerprint density at radius 1 is 1.50 bits per heavy atom. The Morgan fingerprint density at radius 2 is 2.07 bits per heavy atom. The Bertz CT molecular complexity index is 313. The summed E-state index contributed by atoms with van der Waals surface area (Å²) in [7, 11) is 0. The highest BCUT2D eigenvalue weighted by atomic mass is 35.5. The van der Waals surface area contributed by atoms with Gasteiger partial charge < -0.3 is 5.32 Å². The van der Waals surface area contributed by atoms with Crippen LogP contribution in [-0.2, 0) is 4.79 Å². The average molecular weight is 214 g/mol. The first-order valence-corrected chi connectivity index (χ1v) is 4.72. The molecule has 0 aromatic carbocycles. The highest BCUT2D eigenvalue weighted by Gasteiger charge is 2.26. The van der Waals surface area contributed by atoms with E-state index in [2.05, 4.69) is 15.3 Å². The van der Waals surface area contributed by atoms with Crippen molar-refractivity contribution in [2.45, 2.75) is 13.8 Å². The largest absolute Gasteiger partial charge is 0.323 e. The van der Waals surface area contributed by atoms with Crippen molar-refractivity contribution in [3.05, 3.63) is 18.7 Å². The summed E-state index contributed by atoms with van der Waals surface area (Å²) in [5.74, 6) is 0.134. The van der Waals surface area contributed by atoms with Crippen molar-refractivity contribution < 1.29 is 4.79 Å². The number of hydrogen-bond acceptors (Lipinski definition) is 3. The fourth-order valence-corrected chi connectivity index (χ4v) is 0.846. The number of carbonyl (C=O) groups is 1. The van der Waals surface area contributed by atoms with Crippen LogP contribution in [0.5, 0.6) is 0 Å². The molecule has 1 heterocycles. The maximum Gasteiger partial charge on any atom is 0.231 e. The van der Waals surface area contributed by atoms with Gasteiger partial charge in [-0.15, -0.1) is 11.6 Å². The SMILES string of the molecule is CC(C)(CCl)C(=O)Nc1cncnc1. The normalized spacial score (nSPS) is 11.1. The topological polar surface area (TPSA) is 54.9 Å². The first-order chi connectivity index (χ1) is 6.56. The number of anilines is 1. The number of hydrogen-bond donors (Lipinski definition) is 1. The van der Waals surface area contributed by atoms with Crippen LogP contribution in [0.4, 0.5) is 5.69 Å². The highest BCUT2D eigenvalue weighted by Crippen LogP contribution is 2.19. The van der Waals surface area contributed by atoms with Crippen LogP contribution in [-0.4, -0.2) is 21.8 Å². The summed E-state index contributed by atoms with van der Waals surface area (Å²) in [5, 5.41) is 2.68. The van der Waals surface area contributed by atoms with Crippen LogP contribution >= 0.6 is 11.6 Å². The molecular weight excluding hydrogens is 202 g/mol. The number of nitrogens with one attached hydrogen (secondary N) is 1. The van der Waals surface area contributed by atoms with Gasteiger partial charge in [0.15, 0.2) is 0 Å². The number of carbonyl (C=O) groups excluding carboxylic acids is 1. The third kappa shape index (κ3) is 2.67. The van der Waals surface area contributed by atoms with Gasteiger partial charge in [0.2, 0.25) is 5.91 Å². The Balaban J connectivity index is 2.67. The summed E-state index contributed by atoms with van der Waals surface area (Å²) in [6.45, 7) is 3.55. The van der Waals surface area contributed by atoms with Gasteiger partial charge in [-0.3, -0.25) is 4.79 Å². The number of rotatable bonds is 3. The molecule has 1 rings (SSSR count). The summed E-state index contributed by atoms with van der Waals surface area (Å²) in [6, 6.07) is 0. The molecule has 0 saturated heterocycles. The predicted octanol–water partition coefficient (Wildman–Crippen LogP) is 1.68. The highest BCUT2D eigenvalue weighted by molar-refractivity contribution is 6.20. The minimum Gasteiger partial charge on any atom is -0.323 e. The minimum atomic E-state index is -0.586. The molecule has 4 nitrogen and oxygen atoms in total. The first-order valence-electron chi connectivity index (χ1n) is 4.19. The molecule has 5 heteroatoms. The molecule has 0 spiro atoms. The van der Waals surface area contributed by atoms with E-state index in [-0.39, 0.29) is 11.8 Å². The molecule has 0 aliphatic heterocycles. The van der Waals surface area contributed by atoms with Crippen molar-refractivity contribution in [3.63, 3.8) is 0 Å². The lowest BCUT2D eigenvalue weighted by Gasteiger charge is -2.19. The van der Waals surface area contributed by atoms with Crippen molar-refractivity contribution in [2.75, 3.05) is 11.2 Å². The van der Waals surface area contributed by atoms with Crippen LogP contribution < -0.4 is 5.32 Å². The van der Waals surface area contributed by atoms with Crippen molar-refractivity contribution >= 4 is 23.2 Å². The zero-order chi connectivity index (χ0) is 10.6. The van der Waals surface area contributed by atoms with Gasteiger partial charge in [0, 0.05) is 5.88 Å². The van der Waals surface area contributed by atoms with E-state index >= 15 is 0 Å². The van der Waals surface area contributed by atoms with Crippen LogP contribution in [0.3, 0.4) is 0 Å². The van der Waals surface area contributed by atoms with Crippen LogP contribution in [0, 0.1) is 5.41 Å². The summed E-state index contributed by atoms with van der Waals surface area (Å²) in [4.78, 5) is 19.2. The molecule has 1 amide bonds. The number of aromatic nitrogens is 2. The lowest BCUT2D eigenvalue weighted by atomic mass is 9.95. The Labute approximate surface area is 87.7 Å². The second-order valence-electron chi connectivity index (χ2n) is 3.60. The van der Waals surface area contributed by atoms with Crippen LogP contribution in [0.15, 0.2) is 18.7 Å². The van der Waals surface area contributed by atoms with Crippen LogP contribution in [0.25, 0.3) is 0 Å². The van der Waals surface area contributed by atoms with Gasteiger partial charge in [0.1, 0.15) is 6.33 Å². The van der Waals surface area contributed by atoms with Gasteiger partial charge in [-0.05, 0) is 13.8 Å². The standard InChI is InChI=1S/C9H12ClN3O/c1-9(2,5-10)8(14)13-7-3-11-6-12-4-7/h3-4,6H,5H2,1-2H3,(H,13,14). The number of nitrogens with zero attached hydrogens (tertiary/aromatic N) is 2. The molecule has 0 bridgehead atoms. The van der Waals surface area contributed by atoms with E-state index in [4.69, 9.17) is 11.6 Å². The first kappa shape index (κ1) is 10.9. The molecule has 0 atom stereocenters. The second-order valence-corrected chi connectivity index (χ2v) is 3.87. The Kier molecular flexibility index (Phi) is 3.41. The molecule has 1 N–H and O–H groups in total. The van der Waals surface area contributed by atoms with Gasteiger partial charge in [-0.2, -0.15) is 0 Å². The van der Waals surface area contributed by atoms with Gasteiger partial charge >= 0.3 is 0 Å². The number of halogens is 1. The van der Waals surface area contributed by atoms with Crippen molar-refractivity contribution in [3.8, 4) is 0 Å². The molecule has 0 unspecified atom stereocenters. The quantitative estimate of drug-likeness (QED) is 0.778. The smallest absolute Gasteiger partial charge is 0.231 e. The van der Waals surface area contributed by atoms with E-state index in [0.717, 1.165) is 0 Å². The average Bonchev–Trinajstić information content (AvgIpc) is 2.19. The molecule has 0 aliphatic carbocycles. The number of alkyl halides is 1. The molecular formula is C9H12ClN3O. The molecule has 1 aromatic heterocycles. The van der Waals surface area contributed by atoms with E-state index in [1.54, 1.807) is 13.8 Å². The van der Waals surface area contributed by atoms with Crippen molar-refractivity contribution in [1.82, 2.24) is 9.97 Å². The molecule has 1 aromatic rings. The lowest BCUT2D eigenvalue weighted by Crippen LogP contribution is -2.32. The third-order valence-electron chi connectivity index (χ3n) is 1.77. The second kappa shape index (κ2) is 4.37. The summed E-state index contributed by atoms with van der Waals surface area (Å²) in [6.07, 6.45) is 4.48. The molecule has 14 heavy (non-hydrogen) atoms. The van der Waals surface area contributed by atoms with Crippen molar-refractivity contribution in [2.24, 2.45) is 5.41 Å². The van der Waals surface area contributed by atoms with E-state index in [9.17, 15) is 4.79 Å². The molecule has 0 aliphatic rings.